The average Bonchev–Trinajstić information content (AvgIpc) is 2.21. The molecule has 2 heteroatoms. The van der Waals surface area contributed by atoms with Gasteiger partial charge in [-0.2, -0.15) is 0 Å². The highest BCUT2D eigenvalue weighted by Gasteiger charge is 2.03. The maximum atomic E-state index is 11.3. The normalized spacial score (nSPS) is 9.86. The summed E-state index contributed by atoms with van der Waals surface area (Å²) in [5, 5.41) is 0. The number of carbonyl (C=O) groups is 1. The minimum Gasteiger partial charge on any atom is -0.323 e. The third-order valence-electron chi connectivity index (χ3n) is 2.41. The molecule has 0 aromatic carbocycles. The van der Waals surface area contributed by atoms with Gasteiger partial charge in [-0.15, -0.1) is 0 Å². The zero-order valence-corrected chi connectivity index (χ0v) is 9.59. The fourth-order valence-corrected chi connectivity index (χ4v) is 1.33. The van der Waals surface area contributed by atoms with Crippen molar-refractivity contribution >= 4 is 5.91 Å². The minimum atomic E-state index is 0.176. The van der Waals surface area contributed by atoms with Gasteiger partial charge in [-0.25, -0.2) is 0 Å². The number of nitrogens with zero attached hydrogens (tertiary/aromatic N) is 1. The fourth-order valence-electron chi connectivity index (χ4n) is 1.33. The van der Waals surface area contributed by atoms with E-state index in [1.54, 1.807) is 18.1 Å². The van der Waals surface area contributed by atoms with Crippen molar-refractivity contribution in [2.75, 3.05) is 7.05 Å². The van der Waals surface area contributed by atoms with E-state index >= 15 is 0 Å². The van der Waals surface area contributed by atoms with Crippen molar-refractivity contribution < 1.29 is 4.79 Å². The minimum absolute atomic E-state index is 0.176. The lowest BCUT2D eigenvalue weighted by Gasteiger charge is -2.10. The number of carbonyl (C=O) groups excluding carboxylic acids is 1. The molecule has 2 nitrogen and oxygen atoms in total. The maximum absolute atomic E-state index is 11.3. The molecule has 0 spiro atoms. The van der Waals surface area contributed by atoms with E-state index in [0.717, 1.165) is 6.42 Å². The second-order valence-electron chi connectivity index (χ2n) is 3.70. The van der Waals surface area contributed by atoms with Gasteiger partial charge in [-0.3, -0.25) is 4.79 Å². The van der Waals surface area contributed by atoms with Gasteiger partial charge in [0.15, 0.2) is 0 Å². The summed E-state index contributed by atoms with van der Waals surface area (Å²) in [4.78, 5) is 12.9. The molecular formula is C12H23NO. The molecule has 0 N–H and O–H groups in total. The summed E-state index contributed by atoms with van der Waals surface area (Å²) in [6.45, 7) is 5.77. The molecule has 0 rings (SSSR count). The van der Waals surface area contributed by atoms with Gasteiger partial charge in [0.2, 0.25) is 5.91 Å². The molecule has 0 fully saturated rings. The number of unbranched alkanes of at least 4 members (excludes halogenated alkanes) is 5. The maximum Gasteiger partial charge on any atom is 0.226 e. The molecule has 82 valence electrons. The fraction of sp³-hybridized carbons (Fsp3) is 0.750. The molecule has 0 aliphatic rings. The number of amides is 1. The van der Waals surface area contributed by atoms with Crippen molar-refractivity contribution in [3.63, 3.8) is 0 Å². The Balaban J connectivity index is 3.27. The second kappa shape index (κ2) is 8.79. The van der Waals surface area contributed by atoms with Gasteiger partial charge in [-0.1, -0.05) is 45.6 Å². The Labute approximate surface area is 88.0 Å². The van der Waals surface area contributed by atoms with Gasteiger partial charge in [-0.05, 0) is 12.6 Å². The smallest absolute Gasteiger partial charge is 0.226 e. The van der Waals surface area contributed by atoms with E-state index in [0.29, 0.717) is 6.42 Å². The number of hydrogen-bond acceptors (Lipinski definition) is 1. The van der Waals surface area contributed by atoms with Crippen LogP contribution < -0.4 is 0 Å². The van der Waals surface area contributed by atoms with Gasteiger partial charge in [0, 0.05) is 13.5 Å². The number of hydrogen-bond donors (Lipinski definition) is 0. The van der Waals surface area contributed by atoms with E-state index in [1.165, 1.54) is 32.1 Å². The van der Waals surface area contributed by atoms with Crippen LogP contribution in [0.2, 0.25) is 0 Å². The Hall–Kier alpha value is -0.790. The SMILES string of the molecule is C=CN(C)C(=O)CCCCCCCC. The lowest BCUT2D eigenvalue weighted by molar-refractivity contribution is -0.127. The van der Waals surface area contributed by atoms with Gasteiger partial charge in [0.05, 0.1) is 0 Å². The van der Waals surface area contributed by atoms with Crippen molar-refractivity contribution in [3.05, 3.63) is 12.8 Å². The zero-order valence-electron chi connectivity index (χ0n) is 9.59. The first-order valence-corrected chi connectivity index (χ1v) is 5.60. The third kappa shape index (κ3) is 6.70. The predicted molar refractivity (Wildman–Crippen MR) is 61.0 cm³/mol. The van der Waals surface area contributed by atoms with Crippen molar-refractivity contribution in [2.45, 2.75) is 51.9 Å². The third-order valence-corrected chi connectivity index (χ3v) is 2.41. The molecule has 0 saturated heterocycles. The Kier molecular flexibility index (Phi) is 8.30. The van der Waals surface area contributed by atoms with Crippen LogP contribution in [0.15, 0.2) is 12.8 Å². The lowest BCUT2D eigenvalue weighted by atomic mass is 10.1. The standard InChI is InChI=1S/C12H23NO/c1-4-6-7-8-9-10-11-12(14)13(3)5-2/h5H,2,4,6-11H2,1,3H3. The van der Waals surface area contributed by atoms with E-state index in [1.807, 2.05) is 0 Å². The summed E-state index contributed by atoms with van der Waals surface area (Å²) >= 11 is 0. The predicted octanol–water partition coefficient (Wildman–Crippen LogP) is 3.34. The Morgan fingerprint density at radius 2 is 1.79 bits per heavy atom. The summed E-state index contributed by atoms with van der Waals surface area (Å²) in [7, 11) is 1.76. The topological polar surface area (TPSA) is 20.3 Å². The molecule has 1 amide bonds. The summed E-state index contributed by atoms with van der Waals surface area (Å²) in [5.74, 6) is 0.176. The Morgan fingerprint density at radius 3 is 2.36 bits per heavy atom. The Morgan fingerprint density at radius 1 is 1.21 bits per heavy atom. The number of rotatable bonds is 8. The molecule has 0 atom stereocenters. The van der Waals surface area contributed by atoms with Crippen LogP contribution in [0.4, 0.5) is 0 Å². The van der Waals surface area contributed by atoms with Crippen molar-refractivity contribution in [3.8, 4) is 0 Å². The van der Waals surface area contributed by atoms with Crippen LogP contribution in [0, 0.1) is 0 Å². The Bertz CT molecular complexity index is 166. The highest BCUT2D eigenvalue weighted by atomic mass is 16.2. The van der Waals surface area contributed by atoms with Crippen LogP contribution in [0.1, 0.15) is 51.9 Å². The van der Waals surface area contributed by atoms with Crippen LogP contribution >= 0.6 is 0 Å². The molecule has 0 aromatic rings. The van der Waals surface area contributed by atoms with Crippen LogP contribution in [0.5, 0.6) is 0 Å². The molecule has 0 saturated carbocycles. The summed E-state index contributed by atoms with van der Waals surface area (Å²) in [5.41, 5.74) is 0. The first-order valence-electron chi connectivity index (χ1n) is 5.60. The lowest BCUT2D eigenvalue weighted by Crippen LogP contribution is -2.19. The molecule has 0 unspecified atom stereocenters. The van der Waals surface area contributed by atoms with E-state index < -0.39 is 0 Å². The van der Waals surface area contributed by atoms with Crippen molar-refractivity contribution in [2.24, 2.45) is 0 Å². The van der Waals surface area contributed by atoms with Crippen molar-refractivity contribution in [1.29, 1.82) is 0 Å². The summed E-state index contributed by atoms with van der Waals surface area (Å²) in [6, 6.07) is 0. The van der Waals surface area contributed by atoms with Gasteiger partial charge >= 0.3 is 0 Å². The molecule has 14 heavy (non-hydrogen) atoms. The van der Waals surface area contributed by atoms with Crippen LogP contribution in [0.25, 0.3) is 0 Å². The highest BCUT2D eigenvalue weighted by Crippen LogP contribution is 2.07. The second-order valence-corrected chi connectivity index (χ2v) is 3.70. The molecule has 0 heterocycles. The first kappa shape index (κ1) is 13.2. The highest BCUT2D eigenvalue weighted by molar-refractivity contribution is 5.76. The van der Waals surface area contributed by atoms with E-state index in [4.69, 9.17) is 0 Å². The van der Waals surface area contributed by atoms with E-state index in [2.05, 4.69) is 13.5 Å². The van der Waals surface area contributed by atoms with E-state index in [9.17, 15) is 4.79 Å². The molecule has 0 aliphatic heterocycles. The van der Waals surface area contributed by atoms with Crippen LogP contribution in [0.3, 0.4) is 0 Å². The van der Waals surface area contributed by atoms with Crippen LogP contribution in [-0.2, 0) is 4.79 Å². The van der Waals surface area contributed by atoms with Gasteiger partial charge in [0.1, 0.15) is 0 Å². The quantitative estimate of drug-likeness (QED) is 0.546. The molecule has 0 bridgehead atoms. The molecule has 0 aromatic heterocycles. The molecule has 0 radical (unpaired) electrons. The monoisotopic (exact) mass is 197 g/mol. The van der Waals surface area contributed by atoms with E-state index in [-0.39, 0.29) is 5.91 Å². The molecule has 0 aliphatic carbocycles. The van der Waals surface area contributed by atoms with Gasteiger partial charge < -0.3 is 4.90 Å². The average molecular weight is 197 g/mol. The summed E-state index contributed by atoms with van der Waals surface area (Å²) in [6.07, 6.45) is 9.59. The van der Waals surface area contributed by atoms with Gasteiger partial charge in [0.25, 0.3) is 0 Å². The largest absolute Gasteiger partial charge is 0.323 e. The zero-order chi connectivity index (χ0) is 10.8. The van der Waals surface area contributed by atoms with Crippen molar-refractivity contribution in [1.82, 2.24) is 4.90 Å². The molecular weight excluding hydrogens is 174 g/mol. The first-order chi connectivity index (χ1) is 6.72. The van der Waals surface area contributed by atoms with Crippen LogP contribution in [-0.4, -0.2) is 17.9 Å². The summed E-state index contributed by atoms with van der Waals surface area (Å²) < 4.78 is 0.